The number of halogens is 2. The Hall–Kier alpha value is -2.19. The van der Waals surface area contributed by atoms with Crippen molar-refractivity contribution in [1.29, 1.82) is 0 Å². The Morgan fingerprint density at radius 3 is 2.32 bits per heavy atom. The minimum Gasteiger partial charge on any atom is -0.326 e. The van der Waals surface area contributed by atoms with Crippen LogP contribution in [0.15, 0.2) is 76.5 Å². The molecule has 0 atom stereocenters. The van der Waals surface area contributed by atoms with Crippen LogP contribution < -0.4 is 10.0 Å². The van der Waals surface area contributed by atoms with E-state index in [-0.39, 0.29) is 10.8 Å². The highest BCUT2D eigenvalue weighted by atomic mass is 35.5. The third kappa shape index (κ3) is 6.64. The molecule has 0 fully saturated rings. The van der Waals surface area contributed by atoms with Crippen molar-refractivity contribution in [3.05, 3.63) is 82.3 Å². The van der Waals surface area contributed by atoms with Gasteiger partial charge in [0.1, 0.15) is 0 Å². The van der Waals surface area contributed by atoms with Gasteiger partial charge in [0, 0.05) is 32.8 Å². The topological polar surface area (TPSA) is 75.3 Å². The quantitative estimate of drug-likeness (QED) is 0.364. The Labute approximate surface area is 196 Å². The number of rotatable bonds is 8. The summed E-state index contributed by atoms with van der Waals surface area (Å²) in [5.74, 6) is 0.466. The van der Waals surface area contributed by atoms with Crippen LogP contribution in [0, 0.1) is 6.92 Å². The Morgan fingerprint density at radius 2 is 1.65 bits per heavy atom. The van der Waals surface area contributed by atoms with Gasteiger partial charge in [-0.1, -0.05) is 29.3 Å². The molecule has 0 saturated carbocycles. The van der Waals surface area contributed by atoms with Gasteiger partial charge in [-0.3, -0.25) is 9.52 Å². The van der Waals surface area contributed by atoms with Gasteiger partial charge >= 0.3 is 0 Å². The molecule has 0 radical (unpaired) electrons. The summed E-state index contributed by atoms with van der Waals surface area (Å²) in [5, 5.41) is 3.93. The number of thioether (sulfide) groups is 1. The minimum atomic E-state index is -3.78. The molecular weight excluding hydrogens is 475 g/mol. The van der Waals surface area contributed by atoms with E-state index in [1.165, 1.54) is 12.1 Å². The molecule has 0 aromatic heterocycles. The number of anilines is 2. The van der Waals surface area contributed by atoms with Crippen LogP contribution in [0.3, 0.4) is 0 Å². The number of carbonyl (C=O) groups is 1. The average Bonchev–Trinajstić information content (AvgIpc) is 2.73. The van der Waals surface area contributed by atoms with Crippen LogP contribution in [0.5, 0.6) is 0 Å². The molecule has 0 bridgehead atoms. The SMILES string of the molecule is Cc1c(Cl)cccc1NS(=O)(=O)c1ccc(NC(=O)CCSc2ccc(Cl)cc2)cc1. The van der Waals surface area contributed by atoms with Gasteiger partial charge in [0.15, 0.2) is 0 Å². The van der Waals surface area contributed by atoms with Crippen molar-refractivity contribution in [2.45, 2.75) is 23.1 Å². The molecule has 3 aromatic carbocycles. The second-order valence-corrected chi connectivity index (χ2v) is 10.3. The molecular formula is C22H20Cl2N2O3S2. The summed E-state index contributed by atoms with van der Waals surface area (Å²) in [4.78, 5) is 13.3. The Kier molecular flexibility index (Phi) is 7.89. The molecule has 31 heavy (non-hydrogen) atoms. The van der Waals surface area contributed by atoms with Crippen molar-refractivity contribution >= 4 is 62.3 Å². The van der Waals surface area contributed by atoms with E-state index < -0.39 is 10.0 Å². The summed E-state index contributed by atoms with van der Waals surface area (Å²) < 4.78 is 27.8. The molecule has 2 N–H and O–H groups in total. The van der Waals surface area contributed by atoms with E-state index in [1.807, 2.05) is 24.3 Å². The fourth-order valence-corrected chi connectivity index (χ4v) is 4.93. The predicted octanol–water partition coefficient (Wildman–Crippen LogP) is 6.22. The van der Waals surface area contributed by atoms with Gasteiger partial charge in [-0.05, 0) is 73.2 Å². The zero-order valence-corrected chi connectivity index (χ0v) is 19.7. The summed E-state index contributed by atoms with van der Waals surface area (Å²) in [6, 6.07) is 18.5. The molecule has 0 aliphatic heterocycles. The van der Waals surface area contributed by atoms with Gasteiger partial charge in [0.2, 0.25) is 5.91 Å². The number of benzene rings is 3. The fourth-order valence-electron chi connectivity index (χ4n) is 2.66. The Bertz CT molecular complexity index is 1170. The molecule has 0 aliphatic rings. The van der Waals surface area contributed by atoms with E-state index in [2.05, 4.69) is 10.0 Å². The standard InChI is InChI=1S/C22H20Cl2N2O3S2/c1-15-20(24)3-2-4-21(15)26-31(28,29)19-11-7-17(8-12-19)25-22(27)13-14-30-18-9-5-16(23)6-10-18/h2-12,26H,13-14H2,1H3,(H,25,27). The first kappa shape index (κ1) is 23.5. The molecule has 0 spiro atoms. The van der Waals surface area contributed by atoms with Crippen molar-refractivity contribution in [2.75, 3.05) is 15.8 Å². The van der Waals surface area contributed by atoms with Gasteiger partial charge in [0.25, 0.3) is 10.0 Å². The van der Waals surface area contributed by atoms with E-state index in [9.17, 15) is 13.2 Å². The molecule has 3 aromatic rings. The molecule has 0 heterocycles. The molecule has 1 amide bonds. The highest BCUT2D eigenvalue weighted by Gasteiger charge is 2.16. The first-order valence-corrected chi connectivity index (χ1v) is 12.5. The van der Waals surface area contributed by atoms with Crippen LogP contribution in [0.4, 0.5) is 11.4 Å². The summed E-state index contributed by atoms with van der Waals surface area (Å²) in [6.45, 7) is 1.74. The molecule has 5 nitrogen and oxygen atoms in total. The van der Waals surface area contributed by atoms with Crippen LogP contribution in [-0.4, -0.2) is 20.1 Å². The summed E-state index contributed by atoms with van der Waals surface area (Å²) in [6.07, 6.45) is 0.322. The van der Waals surface area contributed by atoms with E-state index in [0.29, 0.717) is 39.2 Å². The van der Waals surface area contributed by atoms with Gasteiger partial charge in [0.05, 0.1) is 10.6 Å². The average molecular weight is 495 g/mol. The van der Waals surface area contributed by atoms with Crippen molar-refractivity contribution in [3.8, 4) is 0 Å². The van der Waals surface area contributed by atoms with Gasteiger partial charge in [-0.25, -0.2) is 8.42 Å². The maximum absolute atomic E-state index is 12.6. The second-order valence-electron chi connectivity index (χ2n) is 6.64. The Balaban J connectivity index is 1.55. The first-order valence-electron chi connectivity index (χ1n) is 9.31. The lowest BCUT2D eigenvalue weighted by atomic mass is 10.2. The zero-order chi connectivity index (χ0) is 22.4. The lowest BCUT2D eigenvalue weighted by Gasteiger charge is -2.12. The number of hydrogen-bond acceptors (Lipinski definition) is 4. The minimum absolute atomic E-state index is 0.0863. The second kappa shape index (κ2) is 10.4. The highest BCUT2D eigenvalue weighted by molar-refractivity contribution is 7.99. The maximum atomic E-state index is 12.6. The molecule has 0 unspecified atom stereocenters. The normalized spacial score (nSPS) is 11.2. The highest BCUT2D eigenvalue weighted by Crippen LogP contribution is 2.26. The molecule has 0 saturated heterocycles. The predicted molar refractivity (Wildman–Crippen MR) is 129 cm³/mol. The monoisotopic (exact) mass is 494 g/mol. The number of amides is 1. The largest absolute Gasteiger partial charge is 0.326 e. The van der Waals surface area contributed by atoms with E-state index >= 15 is 0 Å². The first-order chi connectivity index (χ1) is 14.7. The van der Waals surface area contributed by atoms with E-state index in [0.717, 1.165) is 4.90 Å². The smallest absolute Gasteiger partial charge is 0.261 e. The fraction of sp³-hybridized carbons (Fsp3) is 0.136. The molecule has 0 aliphatic carbocycles. The zero-order valence-electron chi connectivity index (χ0n) is 16.6. The number of sulfonamides is 1. The molecule has 9 heteroatoms. The number of nitrogens with one attached hydrogen (secondary N) is 2. The van der Waals surface area contributed by atoms with Crippen LogP contribution in [0.2, 0.25) is 10.0 Å². The van der Waals surface area contributed by atoms with Gasteiger partial charge in [-0.15, -0.1) is 11.8 Å². The van der Waals surface area contributed by atoms with Crippen LogP contribution in [0.1, 0.15) is 12.0 Å². The number of carbonyl (C=O) groups excluding carboxylic acids is 1. The Morgan fingerprint density at radius 1 is 0.968 bits per heavy atom. The van der Waals surface area contributed by atoms with E-state index in [1.54, 1.807) is 49.0 Å². The van der Waals surface area contributed by atoms with Crippen LogP contribution >= 0.6 is 35.0 Å². The summed E-state index contributed by atoms with van der Waals surface area (Å²) in [5.41, 5.74) is 1.59. The summed E-state index contributed by atoms with van der Waals surface area (Å²) >= 11 is 13.5. The van der Waals surface area contributed by atoms with Gasteiger partial charge in [-0.2, -0.15) is 0 Å². The third-order valence-electron chi connectivity index (χ3n) is 4.37. The number of hydrogen-bond donors (Lipinski definition) is 2. The lowest BCUT2D eigenvalue weighted by molar-refractivity contribution is -0.115. The summed E-state index contributed by atoms with van der Waals surface area (Å²) in [7, 11) is -3.78. The van der Waals surface area contributed by atoms with Crippen molar-refractivity contribution < 1.29 is 13.2 Å². The van der Waals surface area contributed by atoms with Crippen molar-refractivity contribution in [1.82, 2.24) is 0 Å². The molecule has 162 valence electrons. The van der Waals surface area contributed by atoms with Crippen LogP contribution in [0.25, 0.3) is 0 Å². The molecule has 3 rings (SSSR count). The third-order valence-corrected chi connectivity index (χ3v) is 7.43. The van der Waals surface area contributed by atoms with Crippen LogP contribution in [-0.2, 0) is 14.8 Å². The maximum Gasteiger partial charge on any atom is 0.261 e. The van der Waals surface area contributed by atoms with E-state index in [4.69, 9.17) is 23.2 Å². The van der Waals surface area contributed by atoms with Gasteiger partial charge < -0.3 is 5.32 Å². The van der Waals surface area contributed by atoms with Crippen molar-refractivity contribution in [2.24, 2.45) is 0 Å². The van der Waals surface area contributed by atoms with Crippen molar-refractivity contribution in [3.63, 3.8) is 0 Å². The lowest BCUT2D eigenvalue weighted by Crippen LogP contribution is -2.15.